The minimum absolute atomic E-state index is 0.0878. The fraction of sp³-hybridized carbons (Fsp3) is 0.290. The highest BCUT2D eigenvalue weighted by molar-refractivity contribution is 6.01. The summed E-state index contributed by atoms with van der Waals surface area (Å²) in [6.07, 6.45) is 5.22. The number of ether oxygens (including phenoxy) is 2. The molecule has 6 heteroatoms. The second kappa shape index (κ2) is 12.9. The zero-order chi connectivity index (χ0) is 25.9. The molecule has 192 valence electrons. The molecule has 6 nitrogen and oxygen atoms in total. The second-order valence-corrected chi connectivity index (χ2v) is 8.97. The van der Waals surface area contributed by atoms with Crippen LogP contribution in [0.4, 0.5) is 0 Å². The molecule has 0 aliphatic carbocycles. The lowest BCUT2D eigenvalue weighted by molar-refractivity contribution is -0.128. The number of hydrogen-bond donors (Lipinski definition) is 2. The third-order valence-corrected chi connectivity index (χ3v) is 6.21. The van der Waals surface area contributed by atoms with E-state index in [2.05, 4.69) is 5.32 Å². The van der Waals surface area contributed by atoms with Gasteiger partial charge in [-0.1, -0.05) is 79.7 Å². The van der Waals surface area contributed by atoms with Gasteiger partial charge in [0.25, 0.3) is 5.91 Å². The van der Waals surface area contributed by atoms with Gasteiger partial charge >= 0.3 is 0 Å². The Balaban J connectivity index is 1.70. The van der Waals surface area contributed by atoms with E-state index in [1.54, 1.807) is 0 Å². The predicted molar refractivity (Wildman–Crippen MR) is 147 cm³/mol. The van der Waals surface area contributed by atoms with E-state index in [9.17, 15) is 4.79 Å². The maximum atomic E-state index is 13.8. The van der Waals surface area contributed by atoms with E-state index in [1.807, 2.05) is 104 Å². The van der Waals surface area contributed by atoms with Gasteiger partial charge in [-0.2, -0.15) is 0 Å². The van der Waals surface area contributed by atoms with E-state index in [0.29, 0.717) is 37.6 Å². The Morgan fingerprint density at radius 3 is 2.43 bits per heavy atom. The van der Waals surface area contributed by atoms with Crippen LogP contribution in [-0.2, 0) is 9.53 Å². The third-order valence-electron chi connectivity index (χ3n) is 6.21. The van der Waals surface area contributed by atoms with Crippen molar-refractivity contribution >= 4 is 17.9 Å². The molecule has 0 saturated carbocycles. The Kier molecular flexibility index (Phi) is 9.11. The quantitative estimate of drug-likeness (QED) is 0.331. The number of benzene rings is 3. The first-order valence-electron chi connectivity index (χ1n) is 12.8. The lowest BCUT2D eigenvalue weighted by Gasteiger charge is -2.29. The van der Waals surface area contributed by atoms with Gasteiger partial charge in [0.05, 0.1) is 6.61 Å². The van der Waals surface area contributed by atoms with Crippen molar-refractivity contribution in [2.75, 3.05) is 19.8 Å². The van der Waals surface area contributed by atoms with Gasteiger partial charge < -0.3 is 19.9 Å². The molecule has 1 aliphatic rings. The van der Waals surface area contributed by atoms with E-state index in [0.717, 1.165) is 23.1 Å². The molecule has 0 saturated heterocycles. The number of aliphatic hydroxyl groups is 1. The molecule has 3 aromatic rings. The molecule has 0 spiro atoms. The molecule has 2 N–H and O–H groups in total. The summed E-state index contributed by atoms with van der Waals surface area (Å²) >= 11 is 0. The topological polar surface area (TPSA) is 80.2 Å². The average Bonchev–Trinajstić information content (AvgIpc) is 3.34. The van der Waals surface area contributed by atoms with E-state index in [1.165, 1.54) is 0 Å². The molecule has 0 radical (unpaired) electrons. The highest BCUT2D eigenvalue weighted by Gasteiger charge is 2.52. The molecular weight excluding hydrogens is 464 g/mol. The summed E-state index contributed by atoms with van der Waals surface area (Å²) in [6.45, 7) is 3.12. The fourth-order valence-corrected chi connectivity index (χ4v) is 4.27. The Morgan fingerprint density at radius 1 is 1.05 bits per heavy atom. The van der Waals surface area contributed by atoms with Crippen LogP contribution in [0.1, 0.15) is 49.0 Å². The highest BCUT2D eigenvalue weighted by Crippen LogP contribution is 2.43. The van der Waals surface area contributed by atoms with Crippen molar-refractivity contribution in [3.8, 4) is 5.75 Å². The van der Waals surface area contributed by atoms with Crippen molar-refractivity contribution in [1.29, 1.82) is 0 Å². The van der Waals surface area contributed by atoms with Crippen LogP contribution >= 0.6 is 0 Å². The number of aliphatic hydroxyl groups excluding tert-OH is 1. The van der Waals surface area contributed by atoms with Gasteiger partial charge in [-0.25, -0.2) is 4.99 Å². The molecule has 37 heavy (non-hydrogen) atoms. The summed E-state index contributed by atoms with van der Waals surface area (Å²) < 4.78 is 12.1. The zero-order valence-electron chi connectivity index (χ0n) is 21.2. The standard InChI is InChI=1S/C31H34N2O4/c1-2-21-32-30(35)31(20-9-13-24-11-5-3-6-12-24)28(25-14-7-4-8-15-25)37-29(33-31)26-16-18-27(19-17-26)36-23-10-22-34/h3-9,11-19,28,34H,2,10,20-23H2,1H3,(H,32,35)/b13-9+/t28-,31-/m1/s1. The van der Waals surface area contributed by atoms with Crippen LogP contribution in [0.3, 0.4) is 0 Å². The lowest BCUT2D eigenvalue weighted by Crippen LogP contribution is -2.48. The van der Waals surface area contributed by atoms with E-state index in [-0.39, 0.29) is 12.5 Å². The first kappa shape index (κ1) is 26.2. The molecule has 2 atom stereocenters. The second-order valence-electron chi connectivity index (χ2n) is 8.97. The maximum absolute atomic E-state index is 13.8. The van der Waals surface area contributed by atoms with Crippen molar-refractivity contribution < 1.29 is 19.4 Å². The lowest BCUT2D eigenvalue weighted by atomic mass is 9.84. The van der Waals surface area contributed by atoms with Gasteiger partial charge in [-0.15, -0.1) is 0 Å². The normalized spacial score (nSPS) is 18.9. The van der Waals surface area contributed by atoms with Crippen LogP contribution in [0.5, 0.6) is 5.75 Å². The average molecular weight is 499 g/mol. The highest BCUT2D eigenvalue weighted by atomic mass is 16.5. The molecular formula is C31H34N2O4. The number of hydrogen-bond acceptors (Lipinski definition) is 5. The largest absolute Gasteiger partial charge is 0.494 e. The van der Waals surface area contributed by atoms with Crippen molar-refractivity contribution in [1.82, 2.24) is 5.32 Å². The summed E-state index contributed by atoms with van der Waals surface area (Å²) in [7, 11) is 0. The summed E-state index contributed by atoms with van der Waals surface area (Å²) in [5.74, 6) is 0.976. The zero-order valence-corrected chi connectivity index (χ0v) is 21.2. The van der Waals surface area contributed by atoms with Gasteiger partial charge in [0.1, 0.15) is 5.75 Å². The first-order valence-corrected chi connectivity index (χ1v) is 12.8. The Hall–Kier alpha value is -3.90. The summed E-state index contributed by atoms with van der Waals surface area (Å²) in [6, 6.07) is 27.3. The number of nitrogens with one attached hydrogen (secondary N) is 1. The SMILES string of the molecule is CCCNC(=O)[C@]1(C/C=C/c2ccccc2)N=C(c2ccc(OCCCO)cc2)O[C@@H]1c1ccccc1. The predicted octanol–water partition coefficient (Wildman–Crippen LogP) is 5.33. The van der Waals surface area contributed by atoms with Crippen LogP contribution in [0.25, 0.3) is 6.08 Å². The van der Waals surface area contributed by atoms with Crippen molar-refractivity contribution in [3.63, 3.8) is 0 Å². The summed E-state index contributed by atoms with van der Waals surface area (Å²) in [4.78, 5) is 18.8. The van der Waals surface area contributed by atoms with Gasteiger partial charge in [-0.3, -0.25) is 4.79 Å². The molecule has 1 amide bonds. The molecule has 4 rings (SSSR count). The number of rotatable bonds is 12. The van der Waals surface area contributed by atoms with Crippen LogP contribution in [-0.4, -0.2) is 42.2 Å². The molecule has 0 unspecified atom stereocenters. The summed E-state index contributed by atoms with van der Waals surface area (Å²) in [5.41, 5.74) is 1.56. The molecule has 3 aromatic carbocycles. The fourth-order valence-electron chi connectivity index (χ4n) is 4.27. The molecule has 0 aromatic heterocycles. The molecule has 1 heterocycles. The smallest absolute Gasteiger partial charge is 0.252 e. The van der Waals surface area contributed by atoms with Crippen molar-refractivity contribution in [2.24, 2.45) is 4.99 Å². The Labute approximate surface area is 218 Å². The van der Waals surface area contributed by atoms with Gasteiger partial charge in [0.2, 0.25) is 5.90 Å². The van der Waals surface area contributed by atoms with Gasteiger partial charge in [0, 0.05) is 31.6 Å². The number of amides is 1. The van der Waals surface area contributed by atoms with Gasteiger partial charge in [-0.05, 0) is 41.8 Å². The Morgan fingerprint density at radius 2 is 1.76 bits per heavy atom. The maximum Gasteiger partial charge on any atom is 0.252 e. The molecule has 1 aliphatic heterocycles. The molecule has 0 bridgehead atoms. The minimum Gasteiger partial charge on any atom is -0.494 e. The first-order chi connectivity index (χ1) is 18.2. The number of carbonyl (C=O) groups excluding carboxylic acids is 1. The monoisotopic (exact) mass is 498 g/mol. The van der Waals surface area contributed by atoms with Crippen LogP contribution in [0.2, 0.25) is 0 Å². The number of carbonyl (C=O) groups is 1. The number of nitrogens with zero attached hydrogens (tertiary/aromatic N) is 1. The van der Waals surface area contributed by atoms with Crippen LogP contribution in [0.15, 0.2) is 96.0 Å². The van der Waals surface area contributed by atoms with Crippen molar-refractivity contribution in [3.05, 3.63) is 108 Å². The minimum atomic E-state index is -1.16. The van der Waals surface area contributed by atoms with Crippen LogP contribution in [0, 0.1) is 0 Å². The van der Waals surface area contributed by atoms with E-state index in [4.69, 9.17) is 19.6 Å². The van der Waals surface area contributed by atoms with Crippen LogP contribution < -0.4 is 10.1 Å². The van der Waals surface area contributed by atoms with E-state index < -0.39 is 11.6 Å². The third kappa shape index (κ3) is 6.46. The Bertz CT molecular complexity index is 1190. The van der Waals surface area contributed by atoms with Gasteiger partial charge in [0.15, 0.2) is 11.6 Å². The van der Waals surface area contributed by atoms with Crippen molar-refractivity contribution in [2.45, 2.75) is 37.8 Å². The summed E-state index contributed by atoms with van der Waals surface area (Å²) in [5, 5.41) is 12.0. The number of aliphatic imine (C=N–C) groups is 1. The van der Waals surface area contributed by atoms with E-state index >= 15 is 0 Å². The molecule has 0 fully saturated rings.